The summed E-state index contributed by atoms with van der Waals surface area (Å²) in [5.74, 6) is 0.952. The molecular formula is C18H17ClN2O3. The number of rotatable bonds is 8. The van der Waals surface area contributed by atoms with Gasteiger partial charge >= 0.3 is 0 Å². The van der Waals surface area contributed by atoms with Crippen LogP contribution < -0.4 is 14.9 Å². The quantitative estimate of drug-likeness (QED) is 0.453. The number of ether oxygens (including phenoxy) is 2. The van der Waals surface area contributed by atoms with Crippen LogP contribution in [0.25, 0.3) is 0 Å². The van der Waals surface area contributed by atoms with Crippen molar-refractivity contribution in [3.05, 3.63) is 71.8 Å². The number of amides is 1. The Hall–Kier alpha value is -2.79. The highest BCUT2D eigenvalue weighted by molar-refractivity contribution is 6.30. The maximum Gasteiger partial charge on any atom is 0.277 e. The fraction of sp³-hybridized carbons (Fsp3) is 0.111. The van der Waals surface area contributed by atoms with Gasteiger partial charge in [0, 0.05) is 5.02 Å². The Kier molecular flexibility index (Phi) is 6.86. The molecule has 0 aromatic heterocycles. The molecule has 124 valence electrons. The zero-order valence-corrected chi connectivity index (χ0v) is 13.7. The van der Waals surface area contributed by atoms with Gasteiger partial charge in [0.05, 0.1) is 6.21 Å². The molecule has 0 bridgehead atoms. The van der Waals surface area contributed by atoms with Crippen LogP contribution in [0.15, 0.2) is 66.3 Å². The molecule has 2 aromatic rings. The Bertz CT molecular complexity index is 697. The summed E-state index contributed by atoms with van der Waals surface area (Å²) in [6, 6.07) is 14.1. The zero-order chi connectivity index (χ0) is 17.2. The highest BCUT2D eigenvalue weighted by Crippen LogP contribution is 2.15. The molecule has 1 amide bonds. The maximum absolute atomic E-state index is 11.6. The Balaban J connectivity index is 1.75. The number of nitrogens with zero attached hydrogens (tertiary/aromatic N) is 1. The van der Waals surface area contributed by atoms with Crippen molar-refractivity contribution in [3.8, 4) is 11.5 Å². The predicted molar refractivity (Wildman–Crippen MR) is 94.8 cm³/mol. The van der Waals surface area contributed by atoms with E-state index in [2.05, 4.69) is 17.1 Å². The molecule has 0 saturated heterocycles. The molecule has 0 heterocycles. The number of hydrogen-bond acceptors (Lipinski definition) is 4. The van der Waals surface area contributed by atoms with E-state index in [0.29, 0.717) is 17.4 Å². The minimum Gasteiger partial charge on any atom is -0.490 e. The number of carbonyl (C=O) groups is 1. The van der Waals surface area contributed by atoms with Gasteiger partial charge in [-0.1, -0.05) is 24.3 Å². The van der Waals surface area contributed by atoms with Crippen LogP contribution in [0.1, 0.15) is 5.56 Å². The van der Waals surface area contributed by atoms with Crippen molar-refractivity contribution in [2.45, 2.75) is 0 Å². The van der Waals surface area contributed by atoms with Crippen LogP contribution in [0.3, 0.4) is 0 Å². The third kappa shape index (κ3) is 6.14. The number of benzene rings is 2. The molecule has 0 radical (unpaired) electrons. The highest BCUT2D eigenvalue weighted by Gasteiger charge is 2.01. The highest BCUT2D eigenvalue weighted by atomic mass is 35.5. The van der Waals surface area contributed by atoms with Gasteiger partial charge in [-0.15, -0.1) is 0 Å². The number of hydrazone groups is 1. The summed E-state index contributed by atoms with van der Waals surface area (Å²) in [6.45, 7) is 3.91. The summed E-state index contributed by atoms with van der Waals surface area (Å²) in [4.78, 5) is 11.6. The molecule has 2 rings (SSSR count). The van der Waals surface area contributed by atoms with Gasteiger partial charge in [0.15, 0.2) is 6.61 Å². The van der Waals surface area contributed by atoms with E-state index >= 15 is 0 Å². The lowest BCUT2D eigenvalue weighted by Gasteiger charge is -2.05. The molecular weight excluding hydrogens is 328 g/mol. The van der Waals surface area contributed by atoms with Gasteiger partial charge in [-0.05, 0) is 54.1 Å². The molecule has 0 spiro atoms. The van der Waals surface area contributed by atoms with E-state index in [4.69, 9.17) is 21.1 Å². The average Bonchev–Trinajstić information content (AvgIpc) is 2.60. The SMILES string of the molecule is C=CCOc1ccc(/C=N/NC(=O)COc2ccc(Cl)cc2)cc1. The Morgan fingerprint density at radius 1 is 1.08 bits per heavy atom. The summed E-state index contributed by atoms with van der Waals surface area (Å²) in [5.41, 5.74) is 3.23. The van der Waals surface area contributed by atoms with Crippen molar-refractivity contribution in [1.29, 1.82) is 0 Å². The van der Waals surface area contributed by atoms with Crippen molar-refractivity contribution in [2.75, 3.05) is 13.2 Å². The lowest BCUT2D eigenvalue weighted by atomic mass is 10.2. The lowest BCUT2D eigenvalue weighted by molar-refractivity contribution is -0.123. The van der Waals surface area contributed by atoms with Crippen LogP contribution in [-0.4, -0.2) is 25.3 Å². The summed E-state index contributed by atoms with van der Waals surface area (Å²) >= 11 is 5.77. The van der Waals surface area contributed by atoms with E-state index in [-0.39, 0.29) is 12.5 Å². The first-order valence-corrected chi connectivity index (χ1v) is 7.59. The third-order valence-electron chi connectivity index (χ3n) is 2.83. The van der Waals surface area contributed by atoms with Crippen LogP contribution in [0.4, 0.5) is 0 Å². The second kappa shape index (κ2) is 9.37. The van der Waals surface area contributed by atoms with Gasteiger partial charge in [0.2, 0.25) is 0 Å². The second-order valence-corrected chi connectivity index (χ2v) is 5.14. The first-order valence-electron chi connectivity index (χ1n) is 7.21. The molecule has 0 saturated carbocycles. The van der Waals surface area contributed by atoms with Crippen molar-refractivity contribution in [1.82, 2.24) is 5.43 Å². The maximum atomic E-state index is 11.6. The molecule has 0 aliphatic rings. The third-order valence-corrected chi connectivity index (χ3v) is 3.09. The van der Waals surface area contributed by atoms with Gasteiger partial charge in [0.1, 0.15) is 18.1 Å². The minimum absolute atomic E-state index is 0.132. The Morgan fingerprint density at radius 3 is 2.38 bits per heavy atom. The van der Waals surface area contributed by atoms with Crippen LogP contribution in [0, 0.1) is 0 Å². The van der Waals surface area contributed by atoms with E-state index in [1.54, 1.807) is 30.3 Å². The van der Waals surface area contributed by atoms with Gasteiger partial charge in [-0.25, -0.2) is 5.43 Å². The number of hydrogen-bond donors (Lipinski definition) is 1. The van der Waals surface area contributed by atoms with E-state index in [0.717, 1.165) is 11.3 Å². The Labute approximate surface area is 145 Å². The average molecular weight is 345 g/mol. The van der Waals surface area contributed by atoms with Gasteiger partial charge in [-0.3, -0.25) is 4.79 Å². The van der Waals surface area contributed by atoms with Crippen molar-refractivity contribution >= 4 is 23.7 Å². The van der Waals surface area contributed by atoms with Crippen molar-refractivity contribution in [3.63, 3.8) is 0 Å². The van der Waals surface area contributed by atoms with E-state index in [1.807, 2.05) is 24.3 Å². The Morgan fingerprint density at radius 2 is 1.71 bits per heavy atom. The monoisotopic (exact) mass is 344 g/mol. The largest absolute Gasteiger partial charge is 0.490 e. The van der Waals surface area contributed by atoms with Gasteiger partial charge < -0.3 is 9.47 Å². The second-order valence-electron chi connectivity index (χ2n) is 4.70. The van der Waals surface area contributed by atoms with Crippen LogP contribution in [0.5, 0.6) is 11.5 Å². The topological polar surface area (TPSA) is 59.9 Å². The summed E-state index contributed by atoms with van der Waals surface area (Å²) in [7, 11) is 0. The molecule has 2 aromatic carbocycles. The minimum atomic E-state index is -0.355. The molecule has 24 heavy (non-hydrogen) atoms. The predicted octanol–water partition coefficient (Wildman–Crippen LogP) is 3.43. The standard InChI is InChI=1S/C18H17ClN2O3/c1-2-11-23-16-7-3-14(4-8-16)12-20-21-18(22)13-24-17-9-5-15(19)6-10-17/h2-10,12H,1,11,13H2,(H,21,22)/b20-12+. The first kappa shape index (κ1) is 17.6. The fourth-order valence-corrected chi connectivity index (χ4v) is 1.82. The molecule has 0 aliphatic heterocycles. The van der Waals surface area contributed by atoms with Crippen LogP contribution >= 0.6 is 11.6 Å². The van der Waals surface area contributed by atoms with E-state index < -0.39 is 0 Å². The molecule has 5 nitrogen and oxygen atoms in total. The van der Waals surface area contributed by atoms with Gasteiger partial charge in [0.25, 0.3) is 5.91 Å². The summed E-state index contributed by atoms with van der Waals surface area (Å²) in [5, 5.41) is 4.49. The zero-order valence-electron chi connectivity index (χ0n) is 12.9. The summed E-state index contributed by atoms with van der Waals surface area (Å²) < 4.78 is 10.7. The normalized spacial score (nSPS) is 10.4. The van der Waals surface area contributed by atoms with Gasteiger partial charge in [-0.2, -0.15) is 5.10 Å². The number of halogens is 1. The molecule has 6 heteroatoms. The van der Waals surface area contributed by atoms with Crippen LogP contribution in [0.2, 0.25) is 5.02 Å². The van der Waals surface area contributed by atoms with Crippen molar-refractivity contribution < 1.29 is 14.3 Å². The molecule has 0 fully saturated rings. The van der Waals surface area contributed by atoms with Crippen molar-refractivity contribution in [2.24, 2.45) is 5.10 Å². The number of nitrogens with one attached hydrogen (secondary N) is 1. The van der Waals surface area contributed by atoms with E-state index in [1.165, 1.54) is 6.21 Å². The molecule has 0 aliphatic carbocycles. The number of carbonyl (C=O) groups excluding carboxylic acids is 1. The molecule has 0 unspecified atom stereocenters. The molecule has 1 N–H and O–H groups in total. The van der Waals surface area contributed by atoms with E-state index in [9.17, 15) is 4.79 Å². The van der Waals surface area contributed by atoms with Crippen LogP contribution in [-0.2, 0) is 4.79 Å². The lowest BCUT2D eigenvalue weighted by Crippen LogP contribution is -2.24. The summed E-state index contributed by atoms with van der Waals surface area (Å²) in [6.07, 6.45) is 3.22. The molecule has 0 atom stereocenters. The fourth-order valence-electron chi connectivity index (χ4n) is 1.70. The first-order chi connectivity index (χ1) is 11.7. The smallest absolute Gasteiger partial charge is 0.277 e.